The van der Waals surface area contributed by atoms with E-state index in [0.717, 1.165) is 27.6 Å². The quantitative estimate of drug-likeness (QED) is 0.455. The van der Waals surface area contributed by atoms with Crippen LogP contribution in [-0.4, -0.2) is 22.8 Å². The van der Waals surface area contributed by atoms with E-state index in [0.29, 0.717) is 17.0 Å². The van der Waals surface area contributed by atoms with E-state index < -0.39 is 0 Å². The fourth-order valence-corrected chi connectivity index (χ4v) is 3.57. The molecule has 0 atom stereocenters. The van der Waals surface area contributed by atoms with Crippen molar-refractivity contribution in [2.75, 3.05) is 12.4 Å². The third-order valence-electron chi connectivity index (χ3n) is 4.99. The molecule has 0 aliphatic rings. The van der Waals surface area contributed by atoms with Crippen molar-refractivity contribution in [3.05, 3.63) is 84.7 Å². The molecule has 0 unspecified atom stereocenters. The molecule has 3 aromatic carbocycles. The first-order chi connectivity index (χ1) is 14.7. The average Bonchev–Trinajstić information content (AvgIpc) is 3.37. The highest BCUT2D eigenvalue weighted by atomic mass is 16.5. The summed E-state index contributed by atoms with van der Waals surface area (Å²) in [5.41, 5.74) is 3.83. The van der Waals surface area contributed by atoms with Crippen molar-refractivity contribution < 1.29 is 13.9 Å². The van der Waals surface area contributed by atoms with Crippen LogP contribution in [-0.2, 0) is 11.2 Å². The van der Waals surface area contributed by atoms with Gasteiger partial charge in [-0.2, -0.15) is 5.10 Å². The molecule has 2 aromatic heterocycles. The number of fused-ring (bicyclic) bond motifs is 3. The second-order valence-electron chi connectivity index (χ2n) is 7.00. The molecule has 5 aromatic rings. The van der Waals surface area contributed by atoms with Gasteiger partial charge < -0.3 is 14.5 Å². The molecule has 0 radical (unpaired) electrons. The van der Waals surface area contributed by atoms with Gasteiger partial charge in [-0.1, -0.05) is 36.4 Å². The van der Waals surface area contributed by atoms with Gasteiger partial charge in [0, 0.05) is 23.0 Å². The van der Waals surface area contributed by atoms with Crippen molar-refractivity contribution in [1.82, 2.24) is 9.78 Å². The summed E-state index contributed by atoms with van der Waals surface area (Å²) in [5, 5.41) is 9.24. The van der Waals surface area contributed by atoms with Gasteiger partial charge in [0.05, 0.1) is 31.1 Å². The van der Waals surface area contributed by atoms with E-state index in [2.05, 4.69) is 10.4 Å². The molecule has 0 aliphatic carbocycles. The van der Waals surface area contributed by atoms with Crippen LogP contribution in [0.15, 0.2) is 83.5 Å². The number of carbonyl (C=O) groups excluding carboxylic acids is 1. The molecular weight excluding hydrogens is 378 g/mol. The number of carbonyl (C=O) groups is 1. The van der Waals surface area contributed by atoms with E-state index in [9.17, 15) is 4.79 Å². The molecule has 30 heavy (non-hydrogen) atoms. The number of amides is 1. The third kappa shape index (κ3) is 3.28. The number of ether oxygens (including phenoxy) is 1. The van der Waals surface area contributed by atoms with E-state index in [1.165, 1.54) is 0 Å². The molecule has 2 heterocycles. The first kappa shape index (κ1) is 18.0. The second kappa shape index (κ2) is 7.40. The van der Waals surface area contributed by atoms with Crippen LogP contribution in [0.4, 0.5) is 5.69 Å². The molecule has 1 amide bonds. The molecule has 6 heteroatoms. The van der Waals surface area contributed by atoms with E-state index >= 15 is 0 Å². The second-order valence-corrected chi connectivity index (χ2v) is 7.00. The number of furan rings is 1. The Labute approximate surface area is 172 Å². The van der Waals surface area contributed by atoms with Gasteiger partial charge in [-0.15, -0.1) is 0 Å². The molecule has 1 N–H and O–H groups in total. The number of nitrogens with zero attached hydrogens (tertiary/aromatic N) is 2. The van der Waals surface area contributed by atoms with Crippen molar-refractivity contribution in [3.8, 4) is 11.4 Å². The maximum atomic E-state index is 12.7. The minimum Gasteiger partial charge on any atom is -0.495 e. The zero-order chi connectivity index (χ0) is 20.5. The first-order valence-corrected chi connectivity index (χ1v) is 9.59. The van der Waals surface area contributed by atoms with Crippen LogP contribution in [0.25, 0.3) is 27.6 Å². The fraction of sp³-hybridized carbons (Fsp3) is 0.0833. The summed E-state index contributed by atoms with van der Waals surface area (Å²) in [6.45, 7) is 0. The zero-order valence-corrected chi connectivity index (χ0v) is 16.3. The maximum Gasteiger partial charge on any atom is 0.229 e. The minimum atomic E-state index is -0.156. The van der Waals surface area contributed by atoms with Gasteiger partial charge in [-0.05, 0) is 29.8 Å². The number of para-hydroxylation sites is 2. The molecule has 0 spiro atoms. The largest absolute Gasteiger partial charge is 0.495 e. The number of anilines is 1. The summed E-state index contributed by atoms with van der Waals surface area (Å²) in [4.78, 5) is 12.7. The first-order valence-electron chi connectivity index (χ1n) is 9.59. The summed E-state index contributed by atoms with van der Waals surface area (Å²) in [6, 6.07) is 21.3. The van der Waals surface area contributed by atoms with Crippen LogP contribution in [0.5, 0.6) is 5.75 Å². The van der Waals surface area contributed by atoms with Crippen molar-refractivity contribution in [2.24, 2.45) is 0 Å². The lowest BCUT2D eigenvalue weighted by Gasteiger charge is -2.10. The molecule has 0 bridgehead atoms. The van der Waals surface area contributed by atoms with E-state index in [1.54, 1.807) is 24.1 Å². The molecule has 0 aliphatic heterocycles. The Bertz CT molecular complexity index is 1350. The van der Waals surface area contributed by atoms with Crippen LogP contribution >= 0.6 is 0 Å². The predicted molar refractivity (Wildman–Crippen MR) is 116 cm³/mol. The third-order valence-corrected chi connectivity index (χ3v) is 4.99. The Morgan fingerprint density at radius 1 is 1.03 bits per heavy atom. The lowest BCUT2D eigenvalue weighted by atomic mass is 10.1. The molecular formula is C24H19N3O3. The van der Waals surface area contributed by atoms with Gasteiger partial charge >= 0.3 is 0 Å². The van der Waals surface area contributed by atoms with Gasteiger partial charge in [0.15, 0.2) is 0 Å². The Balaban J connectivity index is 1.39. The highest BCUT2D eigenvalue weighted by Gasteiger charge is 2.15. The number of nitrogens with one attached hydrogen (secondary N) is 1. The van der Waals surface area contributed by atoms with Crippen LogP contribution in [0, 0.1) is 0 Å². The summed E-state index contributed by atoms with van der Waals surface area (Å²) >= 11 is 0. The molecule has 6 nitrogen and oxygen atoms in total. The summed E-state index contributed by atoms with van der Waals surface area (Å²) in [5.74, 6) is 0.429. The minimum absolute atomic E-state index is 0.156. The Kier molecular flexibility index (Phi) is 4.44. The van der Waals surface area contributed by atoms with Gasteiger partial charge in [-0.25, -0.2) is 4.68 Å². The Morgan fingerprint density at radius 3 is 2.67 bits per heavy atom. The number of methoxy groups -OCH3 is 1. The van der Waals surface area contributed by atoms with Crippen molar-refractivity contribution in [2.45, 2.75) is 6.42 Å². The summed E-state index contributed by atoms with van der Waals surface area (Å²) in [7, 11) is 1.59. The molecule has 5 rings (SSSR count). The molecule has 0 saturated carbocycles. The van der Waals surface area contributed by atoms with E-state index in [1.807, 2.05) is 66.9 Å². The Morgan fingerprint density at radius 2 is 1.83 bits per heavy atom. The van der Waals surface area contributed by atoms with Crippen LogP contribution in [0.1, 0.15) is 5.56 Å². The summed E-state index contributed by atoms with van der Waals surface area (Å²) < 4.78 is 13.2. The van der Waals surface area contributed by atoms with Crippen molar-refractivity contribution in [1.29, 1.82) is 0 Å². The maximum absolute atomic E-state index is 12.7. The number of benzene rings is 3. The lowest BCUT2D eigenvalue weighted by Crippen LogP contribution is -2.14. The molecule has 0 saturated heterocycles. The van der Waals surface area contributed by atoms with Gasteiger partial charge in [-0.3, -0.25) is 4.79 Å². The van der Waals surface area contributed by atoms with E-state index in [-0.39, 0.29) is 12.3 Å². The highest BCUT2D eigenvalue weighted by Crippen LogP contribution is 2.36. The monoisotopic (exact) mass is 397 g/mol. The number of rotatable bonds is 5. The topological polar surface area (TPSA) is 69.3 Å². The normalized spacial score (nSPS) is 11.1. The van der Waals surface area contributed by atoms with E-state index in [4.69, 9.17) is 9.15 Å². The smallest absolute Gasteiger partial charge is 0.229 e. The van der Waals surface area contributed by atoms with Gasteiger partial charge in [0.1, 0.15) is 16.9 Å². The average molecular weight is 397 g/mol. The van der Waals surface area contributed by atoms with Gasteiger partial charge in [0.25, 0.3) is 0 Å². The predicted octanol–water partition coefficient (Wildman–Crippen LogP) is 4.96. The highest BCUT2D eigenvalue weighted by molar-refractivity contribution is 6.07. The number of hydrogen-bond acceptors (Lipinski definition) is 4. The number of aromatic nitrogens is 2. The van der Waals surface area contributed by atoms with Gasteiger partial charge in [0.2, 0.25) is 5.91 Å². The van der Waals surface area contributed by atoms with Crippen molar-refractivity contribution >= 4 is 33.5 Å². The Hall–Kier alpha value is -4.06. The van der Waals surface area contributed by atoms with Crippen molar-refractivity contribution in [3.63, 3.8) is 0 Å². The number of hydrogen-bond donors (Lipinski definition) is 1. The lowest BCUT2D eigenvalue weighted by molar-refractivity contribution is -0.115. The molecule has 0 fully saturated rings. The zero-order valence-electron chi connectivity index (χ0n) is 16.3. The standard InChI is InChI=1S/C24H19N3O3/c1-29-23-12-19-18-9-5-6-10-21(18)30-22(19)13-20(23)26-24(28)11-16-14-25-27(15-16)17-7-3-2-4-8-17/h2-10,12-15H,11H2,1H3,(H,26,28). The van der Waals surface area contributed by atoms with Crippen LogP contribution in [0.3, 0.4) is 0 Å². The van der Waals surface area contributed by atoms with Crippen LogP contribution in [0.2, 0.25) is 0 Å². The molecule has 148 valence electrons. The van der Waals surface area contributed by atoms with Crippen LogP contribution < -0.4 is 10.1 Å². The summed E-state index contributed by atoms with van der Waals surface area (Å²) in [6.07, 6.45) is 3.76. The SMILES string of the molecule is COc1cc2c(cc1NC(=O)Cc1cnn(-c3ccccc3)c1)oc1ccccc12. The fourth-order valence-electron chi connectivity index (χ4n) is 3.57.